The normalized spacial score (nSPS) is 14.6. The molecule has 1 aliphatic rings. The Hall–Kier alpha value is -3.73. The minimum Gasteiger partial charge on any atom is -0.497 e. The Balaban J connectivity index is 0.000000457. The van der Waals surface area contributed by atoms with Crippen molar-refractivity contribution in [2.75, 3.05) is 44.9 Å². The number of hydrogen-bond donors (Lipinski definition) is 2. The van der Waals surface area contributed by atoms with Gasteiger partial charge in [0.05, 0.1) is 26.0 Å². The van der Waals surface area contributed by atoms with E-state index in [2.05, 4.69) is 28.2 Å². The molecule has 0 bridgehead atoms. The van der Waals surface area contributed by atoms with Crippen molar-refractivity contribution in [3.05, 3.63) is 47.0 Å². The Bertz CT molecular complexity index is 1460. The molecule has 0 aromatic heterocycles. The molecule has 2 N–H and O–H groups in total. The Labute approximate surface area is 300 Å². The molecule has 14 nitrogen and oxygen atoms in total. The summed E-state index contributed by atoms with van der Waals surface area (Å²) >= 11 is 7.82. The van der Waals surface area contributed by atoms with Crippen LogP contribution < -0.4 is 14.4 Å². The number of fused-ring (bicyclic) bond motifs is 1. The summed E-state index contributed by atoms with van der Waals surface area (Å²) in [6.07, 6.45) is -3.70. The standard InChI is InChI=1S/C26H35ClN2O4S.C8H10O8/c1-6-32-15-13-28(18(2)3)12-7-14-33-24-11-9-21(31-5)17-22(24)26-29(19(4)30)23-10-8-20(27)16-25(23)34-26;1-3(9)15-7(13)5(11)6(12)8(14)16-4(2)10/h8-11,16-18,26H,6-7,12-15H2,1-5H3;5-6,11-12H,1-2H3/t;5-,6-/m.1/s1. The summed E-state index contributed by atoms with van der Waals surface area (Å²) in [7, 11) is 1.64. The molecule has 0 aliphatic carbocycles. The molecule has 2 aromatic rings. The Morgan fingerprint density at radius 3 is 2.06 bits per heavy atom. The van der Waals surface area contributed by atoms with Gasteiger partial charge in [-0.1, -0.05) is 23.4 Å². The average Bonchev–Trinajstić information content (AvgIpc) is 3.43. The molecule has 3 rings (SSSR count). The number of aliphatic hydroxyl groups is 2. The van der Waals surface area contributed by atoms with Crippen LogP contribution in [0.5, 0.6) is 11.5 Å². The monoisotopic (exact) mass is 740 g/mol. The van der Waals surface area contributed by atoms with Gasteiger partial charge in [0.2, 0.25) is 5.91 Å². The van der Waals surface area contributed by atoms with Crippen LogP contribution in [0.15, 0.2) is 41.3 Å². The number of carbonyl (C=O) groups excluding carboxylic acids is 5. The zero-order chi connectivity index (χ0) is 37.5. The summed E-state index contributed by atoms with van der Waals surface area (Å²) in [6, 6.07) is 11.8. The number of benzene rings is 2. The van der Waals surface area contributed by atoms with Crippen molar-refractivity contribution < 1.29 is 57.9 Å². The molecule has 0 fully saturated rings. The van der Waals surface area contributed by atoms with Gasteiger partial charge in [-0.3, -0.25) is 24.2 Å². The van der Waals surface area contributed by atoms with Gasteiger partial charge in [-0.05, 0) is 63.6 Å². The number of nitrogens with zero attached hydrogens (tertiary/aromatic N) is 2. The zero-order valence-electron chi connectivity index (χ0n) is 29.2. The topological polar surface area (TPSA) is 178 Å². The number of halogens is 1. The van der Waals surface area contributed by atoms with Gasteiger partial charge in [0.1, 0.15) is 16.9 Å². The van der Waals surface area contributed by atoms with E-state index in [1.807, 2.05) is 43.3 Å². The van der Waals surface area contributed by atoms with Gasteiger partial charge in [0, 0.05) is 62.0 Å². The zero-order valence-corrected chi connectivity index (χ0v) is 30.7. The first-order chi connectivity index (χ1) is 23.6. The maximum absolute atomic E-state index is 12.6. The maximum atomic E-state index is 12.6. The molecule has 50 heavy (non-hydrogen) atoms. The molecule has 1 aliphatic heterocycles. The number of carbonyl (C=O) groups is 5. The lowest BCUT2D eigenvalue weighted by Crippen LogP contribution is -2.42. The summed E-state index contributed by atoms with van der Waals surface area (Å²) in [5.74, 6) is -3.61. The lowest BCUT2D eigenvalue weighted by molar-refractivity contribution is -0.179. The van der Waals surface area contributed by atoms with Crippen molar-refractivity contribution in [2.24, 2.45) is 0 Å². The second kappa shape index (κ2) is 20.8. The number of ether oxygens (including phenoxy) is 5. The fraction of sp³-hybridized carbons (Fsp3) is 0.500. The molecule has 1 heterocycles. The number of anilines is 1. The van der Waals surface area contributed by atoms with E-state index in [0.29, 0.717) is 17.7 Å². The molecule has 0 saturated heterocycles. The molecule has 3 atom stereocenters. The van der Waals surface area contributed by atoms with Gasteiger partial charge in [-0.2, -0.15) is 0 Å². The average molecular weight is 741 g/mol. The second-order valence-electron chi connectivity index (χ2n) is 11.1. The van der Waals surface area contributed by atoms with Crippen molar-refractivity contribution in [1.82, 2.24) is 4.90 Å². The van der Waals surface area contributed by atoms with Crippen LogP contribution in [0.4, 0.5) is 5.69 Å². The predicted octanol–water partition coefficient (Wildman–Crippen LogP) is 3.91. The molecule has 16 heteroatoms. The molecule has 0 radical (unpaired) electrons. The Morgan fingerprint density at radius 2 is 1.54 bits per heavy atom. The van der Waals surface area contributed by atoms with Crippen LogP contribution in [0, 0.1) is 0 Å². The summed E-state index contributed by atoms with van der Waals surface area (Å²) in [5, 5.41) is 18.5. The van der Waals surface area contributed by atoms with Crippen LogP contribution in [-0.2, 0) is 38.2 Å². The van der Waals surface area contributed by atoms with E-state index >= 15 is 0 Å². The minimum atomic E-state index is -2.30. The first-order valence-corrected chi connectivity index (χ1v) is 17.1. The quantitative estimate of drug-likeness (QED) is 0.153. The third-order valence-corrected chi connectivity index (χ3v) is 8.56. The van der Waals surface area contributed by atoms with E-state index < -0.39 is 36.1 Å². The lowest BCUT2D eigenvalue weighted by atomic mass is 10.1. The van der Waals surface area contributed by atoms with Gasteiger partial charge in [-0.15, -0.1) is 0 Å². The number of aliphatic hydroxyl groups excluding tert-OH is 2. The highest BCUT2D eigenvalue weighted by Crippen LogP contribution is 2.54. The summed E-state index contributed by atoms with van der Waals surface area (Å²) < 4.78 is 25.1. The van der Waals surface area contributed by atoms with Crippen LogP contribution >= 0.6 is 23.4 Å². The van der Waals surface area contributed by atoms with Gasteiger partial charge < -0.3 is 33.9 Å². The van der Waals surface area contributed by atoms with E-state index in [0.717, 1.165) is 74.2 Å². The minimum absolute atomic E-state index is 0.0331. The molecule has 1 amide bonds. The predicted molar refractivity (Wildman–Crippen MR) is 185 cm³/mol. The fourth-order valence-electron chi connectivity index (χ4n) is 4.66. The van der Waals surface area contributed by atoms with E-state index in [4.69, 9.17) is 36.0 Å². The third-order valence-electron chi connectivity index (χ3n) is 7.05. The van der Waals surface area contributed by atoms with Crippen LogP contribution in [0.3, 0.4) is 0 Å². The number of amides is 1. The van der Waals surface area contributed by atoms with Crippen molar-refractivity contribution in [2.45, 2.75) is 76.5 Å². The van der Waals surface area contributed by atoms with Crippen molar-refractivity contribution >= 4 is 58.8 Å². The molecule has 0 saturated carbocycles. The molecular formula is C34H45ClN2O12S. The van der Waals surface area contributed by atoms with E-state index in [-0.39, 0.29) is 11.3 Å². The number of methoxy groups -OCH3 is 1. The Kier molecular flexibility index (Phi) is 17.7. The molecule has 1 unspecified atom stereocenters. The molecule has 276 valence electrons. The highest BCUT2D eigenvalue weighted by atomic mass is 35.5. The summed E-state index contributed by atoms with van der Waals surface area (Å²) in [5.41, 5.74) is 1.77. The SMILES string of the molecule is CC(=O)OC(=O)[C@H](O)[C@@H](O)C(=O)OC(C)=O.CCOCCN(CCCOc1ccc(OC)cc1C1Sc2cc(Cl)ccc2N1C(C)=O)C(C)C. The van der Waals surface area contributed by atoms with Crippen molar-refractivity contribution in [1.29, 1.82) is 0 Å². The number of rotatable bonds is 15. The summed E-state index contributed by atoms with van der Waals surface area (Å²) in [6.45, 7) is 13.7. The van der Waals surface area contributed by atoms with Crippen LogP contribution in [0.1, 0.15) is 58.9 Å². The van der Waals surface area contributed by atoms with Gasteiger partial charge in [0.15, 0.2) is 12.2 Å². The van der Waals surface area contributed by atoms with E-state index in [9.17, 15) is 24.0 Å². The highest BCUT2D eigenvalue weighted by molar-refractivity contribution is 8.00. The first kappa shape index (κ1) is 42.4. The van der Waals surface area contributed by atoms with Gasteiger partial charge in [0.25, 0.3) is 0 Å². The lowest BCUT2D eigenvalue weighted by Gasteiger charge is -2.27. The van der Waals surface area contributed by atoms with Crippen molar-refractivity contribution in [3.63, 3.8) is 0 Å². The van der Waals surface area contributed by atoms with Crippen LogP contribution in [0.2, 0.25) is 5.02 Å². The summed E-state index contributed by atoms with van der Waals surface area (Å²) in [4.78, 5) is 60.1. The highest BCUT2D eigenvalue weighted by Gasteiger charge is 2.37. The third kappa shape index (κ3) is 12.9. The molecular weight excluding hydrogens is 696 g/mol. The molecule has 2 aromatic carbocycles. The van der Waals surface area contributed by atoms with E-state index in [1.54, 1.807) is 30.7 Å². The van der Waals surface area contributed by atoms with Crippen molar-refractivity contribution in [3.8, 4) is 11.5 Å². The largest absolute Gasteiger partial charge is 0.497 e. The Morgan fingerprint density at radius 1 is 0.920 bits per heavy atom. The van der Waals surface area contributed by atoms with E-state index in [1.165, 1.54) is 0 Å². The number of esters is 4. The van der Waals surface area contributed by atoms with Gasteiger partial charge in [-0.25, -0.2) is 9.59 Å². The second-order valence-corrected chi connectivity index (χ2v) is 12.7. The number of hydrogen-bond acceptors (Lipinski definition) is 14. The first-order valence-electron chi connectivity index (χ1n) is 15.8. The maximum Gasteiger partial charge on any atom is 0.345 e. The van der Waals surface area contributed by atoms with Gasteiger partial charge >= 0.3 is 23.9 Å². The smallest absolute Gasteiger partial charge is 0.345 e. The number of thioether (sulfide) groups is 1. The fourth-order valence-corrected chi connectivity index (χ4v) is 6.30. The van der Waals surface area contributed by atoms with Crippen LogP contribution in [-0.4, -0.2) is 103 Å². The molecule has 0 spiro atoms. The van der Waals surface area contributed by atoms with Crippen LogP contribution in [0.25, 0.3) is 0 Å².